The second-order valence-electron chi connectivity index (χ2n) is 5.33. The maximum atomic E-state index is 12.1. The third-order valence-corrected chi connectivity index (χ3v) is 3.87. The molecule has 0 spiro atoms. The molecule has 1 saturated heterocycles. The van der Waals surface area contributed by atoms with Crippen molar-refractivity contribution in [2.45, 2.75) is 19.4 Å². The van der Waals surface area contributed by atoms with E-state index in [0.29, 0.717) is 13.0 Å². The predicted octanol–water partition coefficient (Wildman–Crippen LogP) is -1.41. The molecular formula is C14H22N2O7. The zero-order chi connectivity index (χ0) is 17.6. The number of rotatable bonds is 7. The van der Waals surface area contributed by atoms with Gasteiger partial charge in [0.15, 0.2) is 5.92 Å². The monoisotopic (exact) mass is 330 g/mol. The molecule has 0 saturated carbocycles. The molecule has 0 aromatic heterocycles. The zero-order valence-corrected chi connectivity index (χ0v) is 13.4. The van der Waals surface area contributed by atoms with Crippen molar-refractivity contribution in [2.75, 3.05) is 27.4 Å². The molecule has 1 heterocycles. The molecule has 3 atom stereocenters. The van der Waals surface area contributed by atoms with Gasteiger partial charge >= 0.3 is 11.9 Å². The summed E-state index contributed by atoms with van der Waals surface area (Å²) in [5.41, 5.74) is 5.32. The van der Waals surface area contributed by atoms with Crippen LogP contribution in [0.25, 0.3) is 0 Å². The van der Waals surface area contributed by atoms with Gasteiger partial charge in [0.1, 0.15) is 6.04 Å². The first-order valence-electron chi connectivity index (χ1n) is 7.16. The van der Waals surface area contributed by atoms with Gasteiger partial charge in [-0.3, -0.25) is 19.2 Å². The lowest BCUT2D eigenvalue weighted by Crippen LogP contribution is -2.54. The van der Waals surface area contributed by atoms with Gasteiger partial charge in [0, 0.05) is 12.5 Å². The van der Waals surface area contributed by atoms with Gasteiger partial charge in [-0.1, -0.05) is 6.92 Å². The Morgan fingerprint density at radius 2 is 1.74 bits per heavy atom. The number of amides is 2. The van der Waals surface area contributed by atoms with E-state index < -0.39 is 47.5 Å². The van der Waals surface area contributed by atoms with E-state index in [9.17, 15) is 19.2 Å². The summed E-state index contributed by atoms with van der Waals surface area (Å²) in [5.74, 6) is -5.70. The van der Waals surface area contributed by atoms with Crippen molar-refractivity contribution in [3.05, 3.63) is 0 Å². The second kappa shape index (κ2) is 8.47. The van der Waals surface area contributed by atoms with Crippen LogP contribution >= 0.6 is 0 Å². The summed E-state index contributed by atoms with van der Waals surface area (Å²) in [4.78, 5) is 47.5. The Kier molecular flexibility index (Phi) is 6.95. The van der Waals surface area contributed by atoms with Crippen molar-refractivity contribution in [3.8, 4) is 0 Å². The van der Waals surface area contributed by atoms with Gasteiger partial charge in [-0.25, -0.2) is 0 Å². The van der Waals surface area contributed by atoms with Crippen LogP contribution in [0, 0.1) is 17.8 Å². The fraction of sp³-hybridized carbons (Fsp3) is 0.714. The maximum absolute atomic E-state index is 12.1. The van der Waals surface area contributed by atoms with E-state index >= 15 is 0 Å². The molecule has 130 valence electrons. The quantitative estimate of drug-likeness (QED) is 0.432. The van der Waals surface area contributed by atoms with E-state index in [1.54, 1.807) is 0 Å². The van der Waals surface area contributed by atoms with E-state index in [-0.39, 0.29) is 6.61 Å². The number of primary amides is 1. The molecule has 2 amide bonds. The average Bonchev–Trinajstić information content (AvgIpc) is 3.05. The van der Waals surface area contributed by atoms with E-state index in [2.05, 4.69) is 14.8 Å². The molecule has 9 nitrogen and oxygen atoms in total. The highest BCUT2D eigenvalue weighted by atomic mass is 16.5. The number of ether oxygens (including phenoxy) is 3. The van der Waals surface area contributed by atoms with Crippen molar-refractivity contribution in [1.29, 1.82) is 0 Å². The molecule has 0 radical (unpaired) electrons. The molecular weight excluding hydrogens is 308 g/mol. The predicted molar refractivity (Wildman–Crippen MR) is 76.7 cm³/mol. The minimum atomic E-state index is -1.37. The van der Waals surface area contributed by atoms with Crippen LogP contribution in [0.2, 0.25) is 0 Å². The van der Waals surface area contributed by atoms with E-state index in [0.717, 1.165) is 14.2 Å². The van der Waals surface area contributed by atoms with Crippen molar-refractivity contribution in [1.82, 2.24) is 5.32 Å². The van der Waals surface area contributed by atoms with Crippen molar-refractivity contribution >= 4 is 23.8 Å². The minimum absolute atomic E-state index is 0.253. The minimum Gasteiger partial charge on any atom is -0.468 e. The van der Waals surface area contributed by atoms with Gasteiger partial charge in [0.05, 0.1) is 26.7 Å². The summed E-state index contributed by atoms with van der Waals surface area (Å²) in [5, 5.41) is 2.49. The highest BCUT2D eigenvalue weighted by Gasteiger charge is 2.42. The van der Waals surface area contributed by atoms with Crippen LogP contribution in [0.1, 0.15) is 13.3 Å². The van der Waals surface area contributed by atoms with Crippen LogP contribution in [0.3, 0.4) is 0 Å². The van der Waals surface area contributed by atoms with Crippen LogP contribution < -0.4 is 11.1 Å². The first-order chi connectivity index (χ1) is 10.8. The topological polar surface area (TPSA) is 134 Å². The first kappa shape index (κ1) is 18.9. The van der Waals surface area contributed by atoms with Gasteiger partial charge in [-0.2, -0.15) is 0 Å². The molecule has 1 fully saturated rings. The van der Waals surface area contributed by atoms with Gasteiger partial charge in [-0.05, 0) is 6.42 Å². The van der Waals surface area contributed by atoms with E-state index in [1.165, 1.54) is 6.92 Å². The summed E-state index contributed by atoms with van der Waals surface area (Å²) in [6.07, 6.45) is 0.531. The molecule has 0 aromatic carbocycles. The molecule has 0 aromatic rings. The smallest absolute Gasteiger partial charge is 0.320 e. The normalized spacial score (nSPS) is 19.7. The van der Waals surface area contributed by atoms with E-state index in [1.807, 2.05) is 0 Å². The molecule has 1 aliphatic heterocycles. The Balaban J connectivity index is 2.92. The lowest BCUT2D eigenvalue weighted by Gasteiger charge is -2.27. The number of methoxy groups -OCH3 is 2. The third-order valence-electron chi connectivity index (χ3n) is 3.87. The van der Waals surface area contributed by atoms with Gasteiger partial charge in [0.25, 0.3) is 0 Å². The fourth-order valence-electron chi connectivity index (χ4n) is 2.45. The highest BCUT2D eigenvalue weighted by molar-refractivity contribution is 5.97. The highest BCUT2D eigenvalue weighted by Crippen LogP contribution is 2.21. The molecule has 9 heteroatoms. The molecule has 0 bridgehead atoms. The van der Waals surface area contributed by atoms with Crippen LogP contribution in [-0.4, -0.2) is 57.2 Å². The molecule has 3 N–H and O–H groups in total. The SMILES string of the molecule is COC(=O)C(C(=O)OC)[C@@H](C)[C@H](NC(=O)[C@H]1CCOC1)C(N)=O. The molecule has 0 unspecified atom stereocenters. The fourth-order valence-corrected chi connectivity index (χ4v) is 2.45. The Morgan fingerprint density at radius 1 is 1.17 bits per heavy atom. The number of nitrogens with one attached hydrogen (secondary N) is 1. The average molecular weight is 330 g/mol. The summed E-state index contributed by atoms with van der Waals surface area (Å²) < 4.78 is 14.2. The lowest BCUT2D eigenvalue weighted by molar-refractivity contribution is -0.162. The van der Waals surface area contributed by atoms with Crippen molar-refractivity contribution < 1.29 is 33.4 Å². The Labute approximate surface area is 133 Å². The summed E-state index contributed by atoms with van der Waals surface area (Å²) in [7, 11) is 2.22. The number of nitrogens with two attached hydrogens (primary N) is 1. The standard InChI is InChI=1S/C14H22N2O7/c1-7(9(13(19)21-2)14(20)22-3)10(11(15)17)16-12(18)8-4-5-23-6-8/h7-10H,4-6H2,1-3H3,(H2,15,17)(H,16,18)/t7-,8+,10+/m1/s1. The van der Waals surface area contributed by atoms with Crippen LogP contribution in [0.15, 0.2) is 0 Å². The molecule has 1 rings (SSSR count). The van der Waals surface area contributed by atoms with Crippen molar-refractivity contribution in [2.24, 2.45) is 23.5 Å². The zero-order valence-electron chi connectivity index (χ0n) is 13.4. The van der Waals surface area contributed by atoms with Gasteiger partial charge in [0.2, 0.25) is 11.8 Å². The number of carbonyl (C=O) groups is 4. The molecule has 23 heavy (non-hydrogen) atoms. The number of hydrogen-bond donors (Lipinski definition) is 2. The third kappa shape index (κ3) is 4.65. The first-order valence-corrected chi connectivity index (χ1v) is 7.16. The van der Waals surface area contributed by atoms with Crippen molar-refractivity contribution in [3.63, 3.8) is 0 Å². The second-order valence-corrected chi connectivity index (χ2v) is 5.33. The molecule has 1 aliphatic rings. The van der Waals surface area contributed by atoms with E-state index in [4.69, 9.17) is 10.5 Å². The van der Waals surface area contributed by atoms with Gasteiger partial charge < -0.3 is 25.3 Å². The largest absolute Gasteiger partial charge is 0.468 e. The Hall–Kier alpha value is -2.16. The Bertz CT molecular complexity index is 458. The summed E-state index contributed by atoms with van der Waals surface area (Å²) in [6, 6.07) is -1.22. The van der Waals surface area contributed by atoms with Gasteiger partial charge in [-0.15, -0.1) is 0 Å². The number of esters is 2. The summed E-state index contributed by atoms with van der Waals surface area (Å²) in [6.45, 7) is 2.16. The number of hydrogen-bond acceptors (Lipinski definition) is 7. The summed E-state index contributed by atoms with van der Waals surface area (Å²) >= 11 is 0. The Morgan fingerprint density at radius 3 is 2.13 bits per heavy atom. The van der Waals surface area contributed by atoms with Crippen LogP contribution in [0.5, 0.6) is 0 Å². The van der Waals surface area contributed by atoms with Crippen LogP contribution in [0.4, 0.5) is 0 Å². The molecule has 0 aliphatic carbocycles. The maximum Gasteiger partial charge on any atom is 0.320 e. The number of carbonyl (C=O) groups excluding carboxylic acids is 4. The lowest BCUT2D eigenvalue weighted by atomic mass is 9.86. The van der Waals surface area contributed by atoms with Crippen LogP contribution in [-0.2, 0) is 33.4 Å².